The van der Waals surface area contributed by atoms with Crippen LogP contribution in [-0.4, -0.2) is 31.9 Å². The molecule has 1 aromatic rings. The third kappa shape index (κ3) is 3.37. The van der Waals surface area contributed by atoms with Crippen molar-refractivity contribution in [1.82, 2.24) is 9.62 Å². The summed E-state index contributed by atoms with van der Waals surface area (Å²) >= 11 is 1.51. The Labute approximate surface area is 119 Å². The first-order valence-corrected chi connectivity index (χ1v) is 9.17. The lowest BCUT2D eigenvalue weighted by atomic mass is 10.1. The van der Waals surface area contributed by atoms with Gasteiger partial charge in [-0.3, -0.25) is 0 Å². The van der Waals surface area contributed by atoms with Crippen LogP contribution in [0.25, 0.3) is 0 Å². The summed E-state index contributed by atoms with van der Waals surface area (Å²) in [5, 5.41) is 4.99. The van der Waals surface area contributed by atoms with Gasteiger partial charge in [-0.2, -0.15) is 4.31 Å². The first-order valence-electron chi connectivity index (χ1n) is 6.85. The Morgan fingerprint density at radius 1 is 1.47 bits per heavy atom. The van der Waals surface area contributed by atoms with E-state index in [1.165, 1.54) is 11.3 Å². The normalized spacial score (nSPS) is 21.7. The van der Waals surface area contributed by atoms with Crippen LogP contribution in [0.4, 0.5) is 0 Å². The minimum atomic E-state index is -3.30. The Morgan fingerprint density at radius 3 is 2.95 bits per heavy atom. The highest BCUT2D eigenvalue weighted by atomic mass is 32.2. The molecule has 1 aromatic heterocycles. The van der Waals surface area contributed by atoms with Crippen LogP contribution >= 0.6 is 11.3 Å². The minimum Gasteiger partial charge on any atom is -0.312 e. The zero-order valence-corrected chi connectivity index (χ0v) is 13.2. The number of piperidine rings is 1. The average molecular weight is 302 g/mol. The van der Waals surface area contributed by atoms with Crippen molar-refractivity contribution in [3.63, 3.8) is 0 Å². The Morgan fingerprint density at radius 2 is 2.26 bits per heavy atom. The Balaban J connectivity index is 2.16. The van der Waals surface area contributed by atoms with Crippen LogP contribution in [-0.2, 0) is 16.6 Å². The molecule has 1 saturated heterocycles. The van der Waals surface area contributed by atoms with Gasteiger partial charge in [0.2, 0.25) is 10.0 Å². The van der Waals surface area contributed by atoms with E-state index in [2.05, 4.69) is 5.32 Å². The van der Waals surface area contributed by atoms with Gasteiger partial charge in [-0.15, -0.1) is 11.3 Å². The lowest BCUT2D eigenvalue weighted by Gasteiger charge is -2.31. The van der Waals surface area contributed by atoms with Crippen molar-refractivity contribution in [2.24, 2.45) is 0 Å². The number of nitrogens with zero attached hydrogens (tertiary/aromatic N) is 1. The van der Waals surface area contributed by atoms with E-state index in [0.29, 0.717) is 11.4 Å². The number of rotatable bonds is 5. The van der Waals surface area contributed by atoms with Crippen LogP contribution in [0.15, 0.2) is 16.3 Å². The predicted octanol–water partition coefficient (Wildman–Crippen LogP) is 2.42. The van der Waals surface area contributed by atoms with E-state index in [0.717, 1.165) is 37.2 Å². The van der Waals surface area contributed by atoms with Gasteiger partial charge in [0, 0.05) is 29.4 Å². The molecule has 2 heterocycles. The zero-order valence-electron chi connectivity index (χ0n) is 11.6. The highest BCUT2D eigenvalue weighted by Crippen LogP contribution is 2.27. The first-order chi connectivity index (χ1) is 9.05. The summed E-state index contributed by atoms with van der Waals surface area (Å²) in [6.45, 7) is 6.33. The fraction of sp³-hybridized carbons (Fsp3) is 0.692. The summed E-state index contributed by atoms with van der Waals surface area (Å²) in [7, 11) is -3.30. The summed E-state index contributed by atoms with van der Waals surface area (Å²) in [4.78, 5) is 1.53. The van der Waals surface area contributed by atoms with E-state index in [1.54, 1.807) is 9.69 Å². The second-order valence-corrected chi connectivity index (χ2v) is 7.88. The molecule has 2 rings (SSSR count). The molecule has 1 aliphatic heterocycles. The lowest BCUT2D eigenvalue weighted by molar-refractivity contribution is 0.269. The molecule has 1 fully saturated rings. The van der Waals surface area contributed by atoms with Gasteiger partial charge in [0.05, 0.1) is 4.90 Å². The van der Waals surface area contributed by atoms with Crippen LogP contribution in [0.2, 0.25) is 0 Å². The topological polar surface area (TPSA) is 49.4 Å². The molecule has 6 heteroatoms. The molecule has 0 aliphatic carbocycles. The van der Waals surface area contributed by atoms with Gasteiger partial charge >= 0.3 is 0 Å². The van der Waals surface area contributed by atoms with Crippen molar-refractivity contribution in [3.8, 4) is 0 Å². The molecule has 0 radical (unpaired) electrons. The Bertz CT molecular complexity index is 510. The molecule has 1 unspecified atom stereocenters. The van der Waals surface area contributed by atoms with Gasteiger partial charge in [0.25, 0.3) is 0 Å². The number of nitrogens with one attached hydrogen (secondary N) is 1. The minimum absolute atomic E-state index is 0.121. The maximum absolute atomic E-state index is 12.6. The SMILES string of the molecule is CCNCc1cc(S(=O)(=O)N2CCCCC2C)cs1. The molecular formula is C13H22N2O2S2. The molecule has 0 saturated carbocycles. The largest absolute Gasteiger partial charge is 0.312 e. The molecule has 1 aliphatic rings. The molecule has 19 heavy (non-hydrogen) atoms. The third-order valence-corrected chi connectivity index (χ3v) is 6.60. The van der Waals surface area contributed by atoms with Crippen molar-refractivity contribution in [3.05, 3.63) is 16.3 Å². The first kappa shape index (κ1) is 15.0. The van der Waals surface area contributed by atoms with Gasteiger partial charge in [0.15, 0.2) is 0 Å². The third-order valence-electron chi connectivity index (χ3n) is 3.53. The number of sulfonamides is 1. The highest BCUT2D eigenvalue weighted by Gasteiger charge is 2.31. The second-order valence-electron chi connectivity index (χ2n) is 4.99. The molecule has 0 aromatic carbocycles. The molecule has 4 nitrogen and oxygen atoms in total. The maximum Gasteiger partial charge on any atom is 0.244 e. The van der Waals surface area contributed by atoms with E-state index in [4.69, 9.17) is 0 Å². The highest BCUT2D eigenvalue weighted by molar-refractivity contribution is 7.89. The molecule has 1 N–H and O–H groups in total. The molecule has 108 valence electrons. The summed E-state index contributed by atoms with van der Waals surface area (Å²) in [5.41, 5.74) is 0. The van der Waals surface area contributed by atoms with E-state index in [-0.39, 0.29) is 6.04 Å². The summed E-state index contributed by atoms with van der Waals surface area (Å²) in [6.07, 6.45) is 3.06. The van der Waals surface area contributed by atoms with E-state index >= 15 is 0 Å². The van der Waals surface area contributed by atoms with E-state index < -0.39 is 10.0 Å². The molecule has 1 atom stereocenters. The van der Waals surface area contributed by atoms with Crippen molar-refractivity contribution >= 4 is 21.4 Å². The van der Waals surface area contributed by atoms with Crippen molar-refractivity contribution in [2.75, 3.05) is 13.1 Å². The molecule has 0 amide bonds. The maximum atomic E-state index is 12.6. The second kappa shape index (κ2) is 6.35. The van der Waals surface area contributed by atoms with Gasteiger partial charge in [0.1, 0.15) is 0 Å². The Hall–Kier alpha value is -0.430. The zero-order chi connectivity index (χ0) is 13.9. The van der Waals surface area contributed by atoms with Crippen molar-refractivity contribution < 1.29 is 8.42 Å². The summed E-state index contributed by atoms with van der Waals surface area (Å²) < 4.78 is 26.9. The standard InChI is InChI=1S/C13H22N2O2S2/c1-3-14-9-12-8-13(10-18-12)19(16,17)15-7-5-4-6-11(15)2/h8,10-11,14H,3-7,9H2,1-2H3. The van der Waals surface area contributed by atoms with E-state index in [1.807, 2.05) is 19.9 Å². The summed E-state index contributed by atoms with van der Waals surface area (Å²) in [5.74, 6) is 0. The van der Waals surface area contributed by atoms with Crippen LogP contribution < -0.4 is 5.32 Å². The monoisotopic (exact) mass is 302 g/mol. The number of thiophene rings is 1. The predicted molar refractivity (Wildman–Crippen MR) is 78.9 cm³/mol. The average Bonchev–Trinajstić information content (AvgIpc) is 2.86. The van der Waals surface area contributed by atoms with E-state index in [9.17, 15) is 8.42 Å². The van der Waals surface area contributed by atoms with Crippen LogP contribution in [0.3, 0.4) is 0 Å². The van der Waals surface area contributed by atoms with Crippen LogP contribution in [0, 0.1) is 0 Å². The van der Waals surface area contributed by atoms with Crippen LogP contribution in [0.1, 0.15) is 38.0 Å². The lowest BCUT2D eigenvalue weighted by Crippen LogP contribution is -2.41. The van der Waals surface area contributed by atoms with Crippen molar-refractivity contribution in [2.45, 2.75) is 50.6 Å². The smallest absolute Gasteiger partial charge is 0.244 e. The Kier molecular flexibility index (Phi) is 5.00. The number of hydrogen-bond donors (Lipinski definition) is 1. The molecular weight excluding hydrogens is 280 g/mol. The fourth-order valence-electron chi connectivity index (χ4n) is 2.40. The van der Waals surface area contributed by atoms with Gasteiger partial charge < -0.3 is 5.32 Å². The quantitative estimate of drug-likeness (QED) is 0.909. The fourth-order valence-corrected chi connectivity index (χ4v) is 5.33. The van der Waals surface area contributed by atoms with Gasteiger partial charge in [-0.05, 0) is 32.4 Å². The summed E-state index contributed by atoms with van der Waals surface area (Å²) in [6, 6.07) is 1.93. The van der Waals surface area contributed by atoms with Crippen LogP contribution in [0.5, 0.6) is 0 Å². The van der Waals surface area contributed by atoms with Gasteiger partial charge in [-0.1, -0.05) is 13.3 Å². The van der Waals surface area contributed by atoms with Gasteiger partial charge in [-0.25, -0.2) is 8.42 Å². The molecule has 0 bridgehead atoms. The number of hydrogen-bond acceptors (Lipinski definition) is 4. The molecule has 0 spiro atoms. The van der Waals surface area contributed by atoms with Crippen molar-refractivity contribution in [1.29, 1.82) is 0 Å².